The van der Waals surface area contributed by atoms with Crippen LogP contribution in [0.2, 0.25) is 0 Å². The van der Waals surface area contributed by atoms with Crippen LogP contribution in [0.3, 0.4) is 0 Å². The highest BCUT2D eigenvalue weighted by Gasteiger charge is 1.98. The number of hydrogen-bond donors (Lipinski definition) is 1. The van der Waals surface area contributed by atoms with Crippen LogP contribution in [0.4, 0.5) is 5.69 Å². The van der Waals surface area contributed by atoms with Crippen molar-refractivity contribution in [1.82, 2.24) is 4.90 Å². The molecular weight excluding hydrogens is 200 g/mol. The average Bonchev–Trinajstić information content (AvgIpc) is 2.29. The maximum absolute atomic E-state index is 5.64. The molecule has 0 aromatic heterocycles. The molecule has 3 heteroatoms. The van der Waals surface area contributed by atoms with Crippen molar-refractivity contribution in [2.75, 3.05) is 39.6 Å². The first-order valence-corrected chi connectivity index (χ1v) is 5.74. The molecule has 0 aliphatic carbocycles. The highest BCUT2D eigenvalue weighted by atomic mass is 16.5. The van der Waals surface area contributed by atoms with Gasteiger partial charge in [0, 0.05) is 19.3 Å². The molecule has 1 aromatic carbocycles. The summed E-state index contributed by atoms with van der Waals surface area (Å²) >= 11 is 0. The first kappa shape index (κ1) is 13.0. The second-order valence-electron chi connectivity index (χ2n) is 4.14. The third-order valence-electron chi connectivity index (χ3n) is 2.66. The Morgan fingerprint density at radius 2 is 1.88 bits per heavy atom. The Kier molecular flexibility index (Phi) is 5.90. The van der Waals surface area contributed by atoms with E-state index >= 15 is 0 Å². The molecule has 0 amide bonds. The number of hydrogen-bond acceptors (Lipinski definition) is 3. The van der Waals surface area contributed by atoms with Gasteiger partial charge in [-0.05, 0) is 44.1 Å². The fourth-order valence-corrected chi connectivity index (χ4v) is 1.60. The molecule has 0 radical (unpaired) electrons. The molecule has 0 spiro atoms. The zero-order chi connectivity index (χ0) is 11.8. The molecule has 0 saturated heterocycles. The van der Waals surface area contributed by atoms with E-state index in [1.54, 1.807) is 7.11 Å². The number of nitrogen functional groups attached to an aromatic ring is 1. The second-order valence-corrected chi connectivity index (χ2v) is 4.14. The van der Waals surface area contributed by atoms with Gasteiger partial charge in [0.2, 0.25) is 0 Å². The van der Waals surface area contributed by atoms with E-state index in [4.69, 9.17) is 10.5 Å². The zero-order valence-electron chi connectivity index (χ0n) is 10.3. The molecule has 0 saturated carbocycles. The number of methoxy groups -OCH3 is 1. The van der Waals surface area contributed by atoms with E-state index in [1.807, 2.05) is 12.1 Å². The Balaban J connectivity index is 2.17. The molecule has 0 aliphatic rings. The SMILES string of the molecule is COCCN(C)CCCc1ccc(N)cc1. The lowest BCUT2D eigenvalue weighted by molar-refractivity contribution is 0.161. The van der Waals surface area contributed by atoms with Gasteiger partial charge in [-0.2, -0.15) is 0 Å². The van der Waals surface area contributed by atoms with Crippen molar-refractivity contribution in [3.05, 3.63) is 29.8 Å². The van der Waals surface area contributed by atoms with Crippen molar-refractivity contribution in [2.45, 2.75) is 12.8 Å². The minimum absolute atomic E-state index is 0.804. The van der Waals surface area contributed by atoms with Crippen molar-refractivity contribution in [1.29, 1.82) is 0 Å². The largest absolute Gasteiger partial charge is 0.399 e. The molecule has 2 N–H and O–H groups in total. The van der Waals surface area contributed by atoms with Crippen LogP contribution in [-0.4, -0.2) is 38.8 Å². The molecule has 0 heterocycles. The predicted octanol–water partition coefficient (Wildman–Crippen LogP) is 1.78. The fraction of sp³-hybridized carbons (Fsp3) is 0.538. The number of likely N-dealkylation sites (N-methyl/N-ethyl adjacent to an activating group) is 1. The summed E-state index contributed by atoms with van der Waals surface area (Å²) in [5.41, 5.74) is 7.83. The Hall–Kier alpha value is -1.06. The number of nitrogens with zero attached hydrogens (tertiary/aromatic N) is 1. The summed E-state index contributed by atoms with van der Waals surface area (Å²) in [6.45, 7) is 2.91. The molecular formula is C13H22N2O. The Bertz CT molecular complexity index is 284. The van der Waals surface area contributed by atoms with E-state index in [1.165, 1.54) is 12.0 Å². The van der Waals surface area contributed by atoms with E-state index < -0.39 is 0 Å². The van der Waals surface area contributed by atoms with Crippen LogP contribution in [0, 0.1) is 0 Å². The average molecular weight is 222 g/mol. The summed E-state index contributed by atoms with van der Waals surface area (Å²) in [7, 11) is 3.87. The van der Waals surface area contributed by atoms with Crippen LogP contribution in [-0.2, 0) is 11.2 Å². The van der Waals surface area contributed by atoms with Crippen LogP contribution >= 0.6 is 0 Å². The molecule has 16 heavy (non-hydrogen) atoms. The lowest BCUT2D eigenvalue weighted by atomic mass is 10.1. The summed E-state index contributed by atoms with van der Waals surface area (Å²) < 4.78 is 5.03. The van der Waals surface area contributed by atoms with Crippen LogP contribution in [0.1, 0.15) is 12.0 Å². The standard InChI is InChI=1S/C13H22N2O/c1-15(10-11-16-2)9-3-4-12-5-7-13(14)8-6-12/h5-8H,3-4,9-11,14H2,1-2H3. The van der Waals surface area contributed by atoms with Crippen molar-refractivity contribution in [3.8, 4) is 0 Å². The van der Waals surface area contributed by atoms with Gasteiger partial charge in [0.25, 0.3) is 0 Å². The molecule has 0 atom stereocenters. The molecule has 0 fully saturated rings. The Morgan fingerprint density at radius 1 is 1.19 bits per heavy atom. The zero-order valence-corrected chi connectivity index (χ0v) is 10.3. The van der Waals surface area contributed by atoms with E-state index in [9.17, 15) is 0 Å². The monoisotopic (exact) mass is 222 g/mol. The van der Waals surface area contributed by atoms with E-state index in [0.717, 1.165) is 31.8 Å². The molecule has 90 valence electrons. The predicted molar refractivity (Wildman–Crippen MR) is 68.5 cm³/mol. The van der Waals surface area contributed by atoms with Gasteiger partial charge in [0.05, 0.1) is 6.61 Å². The third kappa shape index (κ3) is 5.14. The lowest BCUT2D eigenvalue weighted by Gasteiger charge is -2.15. The van der Waals surface area contributed by atoms with Gasteiger partial charge < -0.3 is 15.4 Å². The van der Waals surface area contributed by atoms with Gasteiger partial charge in [-0.1, -0.05) is 12.1 Å². The van der Waals surface area contributed by atoms with Gasteiger partial charge in [0.15, 0.2) is 0 Å². The Labute approximate surface area is 98.2 Å². The smallest absolute Gasteiger partial charge is 0.0589 e. The van der Waals surface area contributed by atoms with Crippen molar-refractivity contribution >= 4 is 5.69 Å². The van der Waals surface area contributed by atoms with Gasteiger partial charge in [-0.25, -0.2) is 0 Å². The second kappa shape index (κ2) is 7.25. The maximum Gasteiger partial charge on any atom is 0.0589 e. The van der Waals surface area contributed by atoms with Gasteiger partial charge >= 0.3 is 0 Å². The minimum Gasteiger partial charge on any atom is -0.399 e. The van der Waals surface area contributed by atoms with Crippen LogP contribution in [0.5, 0.6) is 0 Å². The first-order valence-electron chi connectivity index (χ1n) is 5.74. The summed E-state index contributed by atoms with van der Waals surface area (Å²) in [5.74, 6) is 0. The molecule has 0 bridgehead atoms. The highest BCUT2D eigenvalue weighted by Crippen LogP contribution is 2.07. The number of benzene rings is 1. The molecule has 1 aromatic rings. The lowest BCUT2D eigenvalue weighted by Crippen LogP contribution is -2.24. The molecule has 1 rings (SSSR count). The van der Waals surface area contributed by atoms with E-state index in [2.05, 4.69) is 24.1 Å². The number of rotatable bonds is 7. The first-order chi connectivity index (χ1) is 7.72. The number of aryl methyl sites for hydroxylation is 1. The number of ether oxygens (including phenoxy) is 1. The summed E-state index contributed by atoms with van der Waals surface area (Å²) in [6.07, 6.45) is 2.28. The highest BCUT2D eigenvalue weighted by molar-refractivity contribution is 5.39. The minimum atomic E-state index is 0.804. The number of nitrogens with two attached hydrogens (primary N) is 1. The van der Waals surface area contributed by atoms with Crippen LogP contribution in [0.25, 0.3) is 0 Å². The van der Waals surface area contributed by atoms with Crippen LogP contribution in [0.15, 0.2) is 24.3 Å². The Morgan fingerprint density at radius 3 is 2.50 bits per heavy atom. The molecule has 3 nitrogen and oxygen atoms in total. The summed E-state index contributed by atoms with van der Waals surface area (Å²) in [5, 5.41) is 0. The van der Waals surface area contributed by atoms with Crippen molar-refractivity contribution in [3.63, 3.8) is 0 Å². The van der Waals surface area contributed by atoms with Gasteiger partial charge in [-0.15, -0.1) is 0 Å². The quantitative estimate of drug-likeness (QED) is 0.715. The number of anilines is 1. The fourth-order valence-electron chi connectivity index (χ4n) is 1.60. The van der Waals surface area contributed by atoms with Gasteiger partial charge in [-0.3, -0.25) is 0 Å². The normalized spacial score (nSPS) is 10.9. The van der Waals surface area contributed by atoms with Crippen molar-refractivity contribution in [2.24, 2.45) is 0 Å². The van der Waals surface area contributed by atoms with E-state index in [-0.39, 0.29) is 0 Å². The summed E-state index contributed by atoms with van der Waals surface area (Å²) in [4.78, 5) is 2.29. The topological polar surface area (TPSA) is 38.5 Å². The van der Waals surface area contributed by atoms with Gasteiger partial charge in [0.1, 0.15) is 0 Å². The van der Waals surface area contributed by atoms with Crippen LogP contribution < -0.4 is 5.73 Å². The molecule has 0 unspecified atom stereocenters. The van der Waals surface area contributed by atoms with E-state index in [0.29, 0.717) is 0 Å². The van der Waals surface area contributed by atoms with Crippen molar-refractivity contribution < 1.29 is 4.74 Å². The molecule has 0 aliphatic heterocycles. The summed E-state index contributed by atoms with van der Waals surface area (Å²) in [6, 6.07) is 8.13. The maximum atomic E-state index is 5.64. The third-order valence-corrected chi connectivity index (χ3v) is 2.66.